The Labute approximate surface area is 185 Å². The summed E-state index contributed by atoms with van der Waals surface area (Å²) in [7, 11) is 0. The number of carbonyl (C=O) groups excluding carboxylic acids is 3. The number of hydrogen-bond acceptors (Lipinski definition) is 5. The first kappa shape index (κ1) is 22.9. The number of nitrogens with one attached hydrogen (secondary N) is 2. The smallest absolute Gasteiger partial charge is 0.289 e. The van der Waals surface area contributed by atoms with E-state index in [9.17, 15) is 31.9 Å². The number of halogens is 4. The SMILES string of the molecule is Cc1c(F)cc(NC(=O)[C@H]2CCN(C(=O)C(=O)CC3(c4cn[nH]n4)CC(F)(F)C3)C2)cc1F. The number of anilines is 1. The van der Waals surface area contributed by atoms with Crippen LogP contribution >= 0.6 is 0 Å². The fourth-order valence-corrected chi connectivity index (χ4v) is 4.47. The largest absolute Gasteiger partial charge is 0.335 e. The molecule has 2 fully saturated rings. The second-order valence-electron chi connectivity index (χ2n) is 8.74. The normalized spacial score (nSPS) is 20.9. The monoisotopic (exact) mass is 467 g/mol. The molecule has 1 saturated carbocycles. The Hall–Kier alpha value is -3.31. The van der Waals surface area contributed by atoms with Crippen LogP contribution in [0.15, 0.2) is 18.3 Å². The molecule has 1 saturated heterocycles. The molecule has 4 rings (SSSR count). The van der Waals surface area contributed by atoms with Crippen molar-refractivity contribution >= 4 is 23.3 Å². The van der Waals surface area contributed by atoms with E-state index in [1.54, 1.807) is 0 Å². The van der Waals surface area contributed by atoms with E-state index in [1.807, 2.05) is 0 Å². The van der Waals surface area contributed by atoms with Crippen LogP contribution in [-0.4, -0.2) is 56.9 Å². The van der Waals surface area contributed by atoms with Gasteiger partial charge in [0.2, 0.25) is 17.6 Å². The first-order valence-corrected chi connectivity index (χ1v) is 10.3. The predicted octanol–water partition coefficient (Wildman–Crippen LogP) is 2.50. The summed E-state index contributed by atoms with van der Waals surface area (Å²) in [5.74, 6) is -7.50. The molecule has 2 amide bonds. The van der Waals surface area contributed by atoms with Crippen LogP contribution in [0.2, 0.25) is 0 Å². The van der Waals surface area contributed by atoms with Gasteiger partial charge in [-0.2, -0.15) is 15.4 Å². The molecule has 1 aromatic carbocycles. The molecule has 1 aliphatic carbocycles. The maximum absolute atomic E-state index is 13.7. The molecule has 8 nitrogen and oxygen atoms in total. The van der Waals surface area contributed by atoms with Gasteiger partial charge in [0.25, 0.3) is 5.91 Å². The van der Waals surface area contributed by atoms with Crippen LogP contribution in [0.3, 0.4) is 0 Å². The van der Waals surface area contributed by atoms with Crippen molar-refractivity contribution in [1.29, 1.82) is 0 Å². The Morgan fingerprint density at radius 3 is 2.45 bits per heavy atom. The average Bonchev–Trinajstić information content (AvgIpc) is 3.42. The van der Waals surface area contributed by atoms with E-state index in [4.69, 9.17) is 0 Å². The highest BCUT2D eigenvalue weighted by molar-refractivity contribution is 6.36. The first-order valence-electron chi connectivity index (χ1n) is 10.3. The molecule has 0 spiro atoms. The van der Waals surface area contributed by atoms with Crippen molar-refractivity contribution in [3.8, 4) is 0 Å². The molecule has 2 aromatic rings. The van der Waals surface area contributed by atoms with Crippen molar-refractivity contribution in [1.82, 2.24) is 20.3 Å². The van der Waals surface area contributed by atoms with Gasteiger partial charge in [-0.1, -0.05) is 0 Å². The average molecular weight is 467 g/mol. The number of Topliss-reactive ketones (excluding diaryl/α,β-unsaturated/α-hetero) is 1. The van der Waals surface area contributed by atoms with E-state index in [0.717, 1.165) is 12.1 Å². The zero-order chi connectivity index (χ0) is 24.0. The minimum Gasteiger partial charge on any atom is -0.335 e. The number of alkyl halides is 2. The number of aromatic amines is 1. The molecular formula is C21H21F4N5O3. The minimum absolute atomic E-state index is 0.0538. The predicted molar refractivity (Wildman–Crippen MR) is 106 cm³/mol. The number of amides is 2. The maximum atomic E-state index is 13.7. The van der Waals surface area contributed by atoms with Gasteiger partial charge >= 0.3 is 0 Å². The lowest BCUT2D eigenvalue weighted by atomic mass is 9.61. The fourth-order valence-electron chi connectivity index (χ4n) is 4.47. The summed E-state index contributed by atoms with van der Waals surface area (Å²) in [6.45, 7) is 1.32. The molecule has 12 heteroatoms. The van der Waals surface area contributed by atoms with Crippen LogP contribution < -0.4 is 5.32 Å². The minimum atomic E-state index is -2.95. The van der Waals surface area contributed by atoms with Gasteiger partial charge in [-0.05, 0) is 25.5 Å². The van der Waals surface area contributed by atoms with Gasteiger partial charge in [0, 0.05) is 49.0 Å². The molecule has 0 bridgehead atoms. The number of nitrogens with zero attached hydrogens (tertiary/aromatic N) is 3. The summed E-state index contributed by atoms with van der Waals surface area (Å²) in [6, 6.07) is 1.99. The number of rotatable bonds is 6. The van der Waals surface area contributed by atoms with Crippen LogP contribution in [0, 0.1) is 24.5 Å². The molecule has 2 aliphatic rings. The van der Waals surface area contributed by atoms with Gasteiger partial charge in [-0.3, -0.25) is 14.4 Å². The second-order valence-corrected chi connectivity index (χ2v) is 8.74. The molecular weight excluding hydrogens is 446 g/mol. The molecule has 33 heavy (non-hydrogen) atoms. The number of likely N-dealkylation sites (tertiary alicyclic amines) is 1. The number of ketones is 1. The summed E-state index contributed by atoms with van der Waals surface area (Å²) in [4.78, 5) is 39.0. The molecule has 1 atom stereocenters. The Bertz CT molecular complexity index is 1070. The molecule has 1 aromatic heterocycles. The van der Waals surface area contributed by atoms with Gasteiger partial charge in [-0.25, -0.2) is 17.6 Å². The van der Waals surface area contributed by atoms with E-state index in [2.05, 4.69) is 20.7 Å². The first-order chi connectivity index (χ1) is 15.5. The number of H-pyrrole nitrogens is 1. The summed E-state index contributed by atoms with van der Waals surface area (Å²) in [5.41, 5.74) is -1.29. The van der Waals surface area contributed by atoms with E-state index in [-0.39, 0.29) is 36.5 Å². The highest BCUT2D eigenvalue weighted by Crippen LogP contribution is 2.54. The number of carbonyl (C=O) groups is 3. The van der Waals surface area contributed by atoms with Gasteiger partial charge in [-0.15, -0.1) is 0 Å². The summed E-state index contributed by atoms with van der Waals surface area (Å²) in [6.07, 6.45) is -0.155. The highest BCUT2D eigenvalue weighted by Gasteiger charge is 2.59. The zero-order valence-electron chi connectivity index (χ0n) is 17.6. The molecule has 2 N–H and O–H groups in total. The van der Waals surface area contributed by atoms with Crippen molar-refractivity contribution < 1.29 is 31.9 Å². The van der Waals surface area contributed by atoms with Crippen molar-refractivity contribution in [2.75, 3.05) is 18.4 Å². The van der Waals surface area contributed by atoms with Gasteiger partial charge in [0.1, 0.15) is 11.6 Å². The third-order valence-corrected chi connectivity index (χ3v) is 6.28. The van der Waals surface area contributed by atoms with Crippen LogP contribution in [0.1, 0.15) is 36.9 Å². The molecule has 0 radical (unpaired) electrons. The lowest BCUT2D eigenvalue weighted by molar-refractivity contribution is -0.153. The zero-order valence-corrected chi connectivity index (χ0v) is 17.6. The number of aromatic nitrogens is 3. The Balaban J connectivity index is 1.37. The second kappa shape index (κ2) is 8.23. The molecule has 2 heterocycles. The topological polar surface area (TPSA) is 108 Å². The standard InChI is InChI=1S/C21H21F4N5O3/c1-11-14(22)4-13(5-15(11)23)27-18(32)12-2-3-30(8-12)19(33)16(31)6-20(9-21(24,25)10-20)17-7-26-29-28-17/h4-5,7,12H,2-3,6,8-10H2,1H3,(H,27,32)(H,26,28,29)/t12-/m0/s1. The Kier molecular flexibility index (Phi) is 5.71. The summed E-state index contributed by atoms with van der Waals surface area (Å²) >= 11 is 0. The number of hydrogen-bond donors (Lipinski definition) is 2. The Morgan fingerprint density at radius 1 is 1.21 bits per heavy atom. The van der Waals surface area contributed by atoms with E-state index in [0.29, 0.717) is 0 Å². The van der Waals surface area contributed by atoms with Crippen molar-refractivity contribution in [2.45, 2.75) is 43.9 Å². The van der Waals surface area contributed by atoms with Crippen LogP contribution in [-0.2, 0) is 19.8 Å². The van der Waals surface area contributed by atoms with E-state index < -0.39 is 65.7 Å². The van der Waals surface area contributed by atoms with Crippen molar-refractivity contribution in [3.05, 3.63) is 41.2 Å². The molecule has 176 valence electrons. The third kappa shape index (κ3) is 4.46. The maximum Gasteiger partial charge on any atom is 0.289 e. The third-order valence-electron chi connectivity index (χ3n) is 6.28. The molecule has 1 aliphatic heterocycles. The van der Waals surface area contributed by atoms with Crippen molar-refractivity contribution in [2.24, 2.45) is 5.92 Å². The van der Waals surface area contributed by atoms with Gasteiger partial charge in [0.15, 0.2) is 0 Å². The molecule has 0 unspecified atom stereocenters. The summed E-state index contributed by atoms with van der Waals surface area (Å²) in [5, 5.41) is 12.2. The van der Waals surface area contributed by atoms with Gasteiger partial charge in [0.05, 0.1) is 17.8 Å². The quantitative estimate of drug-likeness (QED) is 0.502. The van der Waals surface area contributed by atoms with E-state index in [1.165, 1.54) is 18.0 Å². The van der Waals surface area contributed by atoms with Crippen LogP contribution in [0.4, 0.5) is 23.2 Å². The lowest BCUT2D eigenvalue weighted by Crippen LogP contribution is -2.52. The number of benzene rings is 1. The van der Waals surface area contributed by atoms with Gasteiger partial charge < -0.3 is 10.2 Å². The lowest BCUT2D eigenvalue weighted by Gasteiger charge is -2.45. The van der Waals surface area contributed by atoms with Crippen LogP contribution in [0.25, 0.3) is 0 Å². The Morgan fingerprint density at radius 2 is 1.88 bits per heavy atom. The van der Waals surface area contributed by atoms with E-state index >= 15 is 0 Å². The van der Waals surface area contributed by atoms with Crippen molar-refractivity contribution in [3.63, 3.8) is 0 Å². The van der Waals surface area contributed by atoms with Crippen LogP contribution in [0.5, 0.6) is 0 Å². The summed E-state index contributed by atoms with van der Waals surface area (Å²) < 4.78 is 54.6. The highest BCUT2D eigenvalue weighted by atomic mass is 19.3. The fraction of sp³-hybridized carbons (Fsp3) is 0.476.